The summed E-state index contributed by atoms with van der Waals surface area (Å²) >= 11 is 0. The standard InChI is InChI=1S/C20H31N3O4S/c1-5-14-28(26,27)23-13-7-6-8-17(23)19(25)21-16-11-9-15(10-12-16)18(24)22-20(2,3)4/h9-12,17H,5-8,13-14H2,1-4H3,(H,21,25)(H,22,24). The predicted molar refractivity (Wildman–Crippen MR) is 111 cm³/mol. The van der Waals surface area contributed by atoms with Gasteiger partial charge in [-0.25, -0.2) is 8.42 Å². The van der Waals surface area contributed by atoms with Crippen LogP contribution in [-0.4, -0.2) is 48.4 Å². The molecule has 1 aliphatic rings. The molecule has 1 atom stereocenters. The molecule has 1 fully saturated rings. The lowest BCUT2D eigenvalue weighted by Gasteiger charge is -2.33. The summed E-state index contributed by atoms with van der Waals surface area (Å²) in [5, 5.41) is 5.68. The van der Waals surface area contributed by atoms with Gasteiger partial charge in [-0.3, -0.25) is 9.59 Å². The fourth-order valence-electron chi connectivity index (χ4n) is 3.22. The van der Waals surface area contributed by atoms with Gasteiger partial charge in [0.25, 0.3) is 5.91 Å². The van der Waals surface area contributed by atoms with Crippen molar-refractivity contribution in [2.24, 2.45) is 0 Å². The first-order chi connectivity index (χ1) is 13.0. The Morgan fingerprint density at radius 3 is 2.36 bits per heavy atom. The first kappa shape index (κ1) is 22.4. The summed E-state index contributed by atoms with van der Waals surface area (Å²) in [7, 11) is -3.44. The van der Waals surface area contributed by atoms with Crippen LogP contribution in [-0.2, 0) is 14.8 Å². The lowest BCUT2D eigenvalue weighted by Crippen LogP contribution is -2.50. The van der Waals surface area contributed by atoms with Gasteiger partial charge in [-0.1, -0.05) is 13.3 Å². The predicted octanol–water partition coefficient (Wildman–Crippen LogP) is 2.75. The zero-order valence-electron chi connectivity index (χ0n) is 17.1. The Morgan fingerprint density at radius 1 is 1.14 bits per heavy atom. The molecule has 0 saturated carbocycles. The Kier molecular flexibility index (Phi) is 7.22. The molecule has 1 aromatic carbocycles. The smallest absolute Gasteiger partial charge is 0.251 e. The first-order valence-corrected chi connectivity index (χ1v) is 11.4. The fourth-order valence-corrected chi connectivity index (χ4v) is 4.97. The molecule has 7 nitrogen and oxygen atoms in total. The second-order valence-corrected chi connectivity index (χ2v) is 10.3. The molecule has 1 unspecified atom stereocenters. The SMILES string of the molecule is CCCS(=O)(=O)N1CCCCC1C(=O)Nc1ccc(C(=O)NC(C)(C)C)cc1. The number of benzene rings is 1. The summed E-state index contributed by atoms with van der Waals surface area (Å²) in [4.78, 5) is 24.9. The molecule has 0 spiro atoms. The van der Waals surface area contributed by atoms with Crippen molar-refractivity contribution >= 4 is 27.5 Å². The maximum atomic E-state index is 12.7. The van der Waals surface area contributed by atoms with E-state index < -0.39 is 16.1 Å². The van der Waals surface area contributed by atoms with Gasteiger partial charge in [-0.15, -0.1) is 0 Å². The van der Waals surface area contributed by atoms with E-state index in [1.54, 1.807) is 24.3 Å². The number of nitrogens with one attached hydrogen (secondary N) is 2. The number of sulfonamides is 1. The van der Waals surface area contributed by atoms with Crippen LogP contribution in [0, 0.1) is 0 Å². The third-order valence-electron chi connectivity index (χ3n) is 4.48. The van der Waals surface area contributed by atoms with E-state index in [1.807, 2.05) is 27.7 Å². The minimum atomic E-state index is -3.44. The number of rotatable bonds is 6. The van der Waals surface area contributed by atoms with Crippen molar-refractivity contribution in [3.63, 3.8) is 0 Å². The van der Waals surface area contributed by atoms with Gasteiger partial charge in [0, 0.05) is 23.3 Å². The molecule has 1 aliphatic heterocycles. The van der Waals surface area contributed by atoms with Crippen LogP contribution >= 0.6 is 0 Å². The van der Waals surface area contributed by atoms with Gasteiger partial charge in [0.2, 0.25) is 15.9 Å². The van der Waals surface area contributed by atoms with Gasteiger partial charge >= 0.3 is 0 Å². The Balaban J connectivity index is 2.08. The second-order valence-electron chi connectivity index (χ2n) is 8.21. The van der Waals surface area contributed by atoms with E-state index in [4.69, 9.17) is 0 Å². The molecule has 1 saturated heterocycles. The average Bonchev–Trinajstić information content (AvgIpc) is 2.61. The molecular formula is C20H31N3O4S. The van der Waals surface area contributed by atoms with E-state index in [2.05, 4.69) is 10.6 Å². The van der Waals surface area contributed by atoms with Crippen LogP contribution in [0.25, 0.3) is 0 Å². The van der Waals surface area contributed by atoms with Crippen molar-refractivity contribution < 1.29 is 18.0 Å². The lowest BCUT2D eigenvalue weighted by atomic mass is 10.0. The first-order valence-electron chi connectivity index (χ1n) is 9.76. The van der Waals surface area contributed by atoms with Crippen molar-refractivity contribution in [2.45, 2.75) is 65.0 Å². The number of piperidine rings is 1. The van der Waals surface area contributed by atoms with E-state index in [9.17, 15) is 18.0 Å². The van der Waals surface area contributed by atoms with Crippen molar-refractivity contribution in [1.29, 1.82) is 0 Å². The van der Waals surface area contributed by atoms with E-state index in [1.165, 1.54) is 4.31 Å². The van der Waals surface area contributed by atoms with Crippen LogP contribution in [0.3, 0.4) is 0 Å². The number of nitrogens with zero attached hydrogens (tertiary/aromatic N) is 1. The number of hydrogen-bond acceptors (Lipinski definition) is 4. The Labute approximate surface area is 167 Å². The summed E-state index contributed by atoms with van der Waals surface area (Å²) in [6.07, 6.45) is 2.62. The fraction of sp³-hybridized carbons (Fsp3) is 0.600. The summed E-state index contributed by atoms with van der Waals surface area (Å²) in [5.41, 5.74) is 0.701. The molecule has 28 heavy (non-hydrogen) atoms. The number of anilines is 1. The molecule has 1 aromatic rings. The molecule has 156 valence electrons. The van der Waals surface area contributed by atoms with Crippen molar-refractivity contribution in [2.75, 3.05) is 17.6 Å². The number of carbonyl (C=O) groups excluding carboxylic acids is 2. The molecule has 2 amide bonds. The molecule has 0 aromatic heterocycles. The Bertz CT molecular complexity index is 798. The summed E-state index contributed by atoms with van der Waals surface area (Å²) in [6, 6.07) is 5.91. The van der Waals surface area contributed by atoms with E-state index in [0.717, 1.165) is 12.8 Å². The zero-order chi connectivity index (χ0) is 20.9. The number of carbonyl (C=O) groups is 2. The van der Waals surface area contributed by atoms with Gasteiger partial charge < -0.3 is 10.6 Å². The van der Waals surface area contributed by atoms with Crippen LogP contribution in [0.5, 0.6) is 0 Å². The normalized spacial score (nSPS) is 18.5. The summed E-state index contributed by atoms with van der Waals surface area (Å²) in [5.74, 6) is -0.463. The molecule has 1 heterocycles. The van der Waals surface area contributed by atoms with Crippen LogP contribution in [0.15, 0.2) is 24.3 Å². The quantitative estimate of drug-likeness (QED) is 0.755. The van der Waals surface area contributed by atoms with Gasteiger partial charge in [-0.2, -0.15) is 4.31 Å². The Hall–Kier alpha value is -1.93. The molecule has 2 N–H and O–H groups in total. The maximum absolute atomic E-state index is 12.7. The minimum absolute atomic E-state index is 0.0500. The highest BCUT2D eigenvalue weighted by atomic mass is 32.2. The van der Waals surface area contributed by atoms with Crippen LogP contribution in [0.4, 0.5) is 5.69 Å². The highest BCUT2D eigenvalue weighted by Gasteiger charge is 2.36. The minimum Gasteiger partial charge on any atom is -0.347 e. The van der Waals surface area contributed by atoms with Crippen molar-refractivity contribution in [3.05, 3.63) is 29.8 Å². The van der Waals surface area contributed by atoms with E-state index in [0.29, 0.717) is 30.6 Å². The summed E-state index contributed by atoms with van der Waals surface area (Å²) in [6.45, 7) is 7.91. The zero-order valence-corrected chi connectivity index (χ0v) is 17.9. The van der Waals surface area contributed by atoms with Crippen LogP contribution in [0.1, 0.15) is 63.7 Å². The average molecular weight is 410 g/mol. The summed E-state index contributed by atoms with van der Waals surface area (Å²) < 4.78 is 26.3. The third kappa shape index (κ3) is 6.04. The highest BCUT2D eigenvalue weighted by Crippen LogP contribution is 2.23. The number of amides is 2. The largest absolute Gasteiger partial charge is 0.347 e. The van der Waals surface area contributed by atoms with E-state index >= 15 is 0 Å². The third-order valence-corrected chi connectivity index (χ3v) is 6.55. The molecule has 0 radical (unpaired) electrons. The highest BCUT2D eigenvalue weighted by molar-refractivity contribution is 7.89. The van der Waals surface area contributed by atoms with Crippen molar-refractivity contribution in [1.82, 2.24) is 9.62 Å². The topological polar surface area (TPSA) is 95.6 Å². The van der Waals surface area contributed by atoms with Gasteiger partial charge in [0.05, 0.1) is 5.75 Å². The molecule has 8 heteroatoms. The van der Waals surface area contributed by atoms with Crippen LogP contribution in [0.2, 0.25) is 0 Å². The molecule has 0 bridgehead atoms. The molecule has 0 aliphatic carbocycles. The Morgan fingerprint density at radius 2 is 1.79 bits per heavy atom. The van der Waals surface area contributed by atoms with E-state index in [-0.39, 0.29) is 23.1 Å². The second kappa shape index (κ2) is 9.05. The van der Waals surface area contributed by atoms with Crippen molar-refractivity contribution in [3.8, 4) is 0 Å². The van der Waals surface area contributed by atoms with Gasteiger partial charge in [0.1, 0.15) is 6.04 Å². The number of hydrogen-bond donors (Lipinski definition) is 2. The maximum Gasteiger partial charge on any atom is 0.251 e. The van der Waals surface area contributed by atoms with Crippen LogP contribution < -0.4 is 10.6 Å². The molecular weight excluding hydrogens is 378 g/mol. The van der Waals surface area contributed by atoms with Gasteiger partial charge in [0.15, 0.2) is 0 Å². The molecule has 2 rings (SSSR count). The lowest BCUT2D eigenvalue weighted by molar-refractivity contribution is -0.120. The monoisotopic (exact) mass is 409 g/mol. The van der Waals surface area contributed by atoms with Gasteiger partial charge in [-0.05, 0) is 64.3 Å².